The smallest absolute Gasteiger partial charge is 0.337 e. The third kappa shape index (κ3) is 3.93. The Labute approximate surface area is 155 Å². The van der Waals surface area contributed by atoms with Crippen molar-refractivity contribution in [2.24, 2.45) is 7.05 Å². The van der Waals surface area contributed by atoms with Crippen LogP contribution in [0, 0.1) is 0 Å². The Kier molecular flexibility index (Phi) is 4.87. The first-order chi connectivity index (χ1) is 12.8. The van der Waals surface area contributed by atoms with Crippen molar-refractivity contribution in [1.29, 1.82) is 0 Å². The van der Waals surface area contributed by atoms with E-state index in [0.29, 0.717) is 5.39 Å². The molecule has 8 nitrogen and oxygen atoms in total. The zero-order valence-corrected chi connectivity index (χ0v) is 15.4. The average Bonchev–Trinajstić information content (AvgIpc) is 2.98. The molecule has 0 saturated carbocycles. The molecule has 9 heteroatoms. The minimum absolute atomic E-state index is 0.195. The van der Waals surface area contributed by atoms with Crippen LogP contribution in [0.4, 0.5) is 5.69 Å². The Hall–Kier alpha value is -3.33. The third-order valence-corrected chi connectivity index (χ3v) is 4.89. The Morgan fingerprint density at radius 3 is 2.37 bits per heavy atom. The number of fused-ring (bicyclic) bond motifs is 1. The standard InChI is InChI=1S/C18H17N3O5S/c1-21-11-15(14-5-3-4-6-16(14)21)17(22)20-27(24,25)19-13-9-7-12(8-10-13)18(23)26-2/h3-11,19H,1-2H3,(H,20,22). The van der Waals surface area contributed by atoms with Gasteiger partial charge in [0.1, 0.15) is 0 Å². The summed E-state index contributed by atoms with van der Waals surface area (Å²) in [5, 5.41) is 0.648. The lowest BCUT2D eigenvalue weighted by atomic mass is 10.2. The number of anilines is 1. The second kappa shape index (κ2) is 7.12. The molecule has 1 heterocycles. The Morgan fingerprint density at radius 1 is 1.04 bits per heavy atom. The summed E-state index contributed by atoms with van der Waals surface area (Å²) in [6, 6.07) is 12.8. The van der Waals surface area contributed by atoms with Crippen LogP contribution in [0.1, 0.15) is 20.7 Å². The number of hydrogen-bond acceptors (Lipinski definition) is 5. The first-order valence-electron chi connectivity index (χ1n) is 7.88. The number of carbonyl (C=O) groups is 2. The maximum Gasteiger partial charge on any atom is 0.337 e. The highest BCUT2D eigenvalue weighted by Crippen LogP contribution is 2.20. The molecular formula is C18H17N3O5S. The second-order valence-electron chi connectivity index (χ2n) is 5.78. The average molecular weight is 387 g/mol. The van der Waals surface area contributed by atoms with Gasteiger partial charge in [0.15, 0.2) is 0 Å². The molecule has 0 spiro atoms. The molecule has 3 rings (SSSR count). The molecule has 0 atom stereocenters. The van der Waals surface area contributed by atoms with E-state index >= 15 is 0 Å². The van der Waals surface area contributed by atoms with E-state index in [1.54, 1.807) is 29.9 Å². The third-order valence-electron chi connectivity index (χ3n) is 3.93. The molecule has 1 amide bonds. The zero-order valence-electron chi connectivity index (χ0n) is 14.6. The molecule has 0 fully saturated rings. The number of nitrogens with one attached hydrogen (secondary N) is 2. The van der Waals surface area contributed by atoms with Crippen LogP contribution in [0.3, 0.4) is 0 Å². The van der Waals surface area contributed by atoms with Gasteiger partial charge in [0.2, 0.25) is 0 Å². The van der Waals surface area contributed by atoms with Gasteiger partial charge in [-0.15, -0.1) is 0 Å². The largest absolute Gasteiger partial charge is 0.465 e. The van der Waals surface area contributed by atoms with Crippen molar-refractivity contribution in [3.05, 3.63) is 65.9 Å². The SMILES string of the molecule is COC(=O)c1ccc(NS(=O)(=O)NC(=O)c2cn(C)c3ccccc23)cc1. The van der Waals surface area contributed by atoms with Crippen molar-refractivity contribution in [2.75, 3.05) is 11.8 Å². The normalized spacial score (nSPS) is 11.2. The molecule has 1 aromatic heterocycles. The van der Waals surface area contributed by atoms with Crippen LogP contribution < -0.4 is 9.44 Å². The molecule has 0 bridgehead atoms. The number of aromatic nitrogens is 1. The Balaban J connectivity index is 1.77. The van der Waals surface area contributed by atoms with Crippen molar-refractivity contribution in [1.82, 2.24) is 9.29 Å². The number of nitrogens with zero attached hydrogens (tertiary/aromatic N) is 1. The van der Waals surface area contributed by atoms with E-state index in [9.17, 15) is 18.0 Å². The molecule has 0 saturated heterocycles. The molecular weight excluding hydrogens is 370 g/mol. The summed E-state index contributed by atoms with van der Waals surface area (Å²) >= 11 is 0. The van der Waals surface area contributed by atoms with E-state index in [1.807, 2.05) is 16.9 Å². The molecule has 0 radical (unpaired) electrons. The van der Waals surface area contributed by atoms with E-state index in [2.05, 4.69) is 9.46 Å². The molecule has 140 valence electrons. The molecule has 3 aromatic rings. The lowest BCUT2D eigenvalue weighted by Crippen LogP contribution is -2.35. The van der Waals surface area contributed by atoms with Crippen LogP contribution in [0.15, 0.2) is 54.7 Å². The number of ether oxygens (including phenoxy) is 1. The summed E-state index contributed by atoms with van der Waals surface area (Å²) in [6.07, 6.45) is 1.57. The fourth-order valence-corrected chi connectivity index (χ4v) is 3.52. The summed E-state index contributed by atoms with van der Waals surface area (Å²) in [4.78, 5) is 23.9. The fraction of sp³-hybridized carbons (Fsp3) is 0.111. The maximum atomic E-state index is 12.5. The van der Waals surface area contributed by atoms with Crippen molar-refractivity contribution in [3.63, 3.8) is 0 Å². The van der Waals surface area contributed by atoms with E-state index in [1.165, 1.54) is 31.4 Å². The summed E-state index contributed by atoms with van der Waals surface area (Å²) in [5.41, 5.74) is 1.53. The number of esters is 1. The maximum absolute atomic E-state index is 12.5. The lowest BCUT2D eigenvalue weighted by molar-refractivity contribution is 0.0600. The second-order valence-corrected chi connectivity index (χ2v) is 7.19. The molecule has 0 aliphatic heterocycles. The van der Waals surface area contributed by atoms with E-state index in [0.717, 1.165) is 5.52 Å². The van der Waals surface area contributed by atoms with Crippen molar-refractivity contribution in [2.45, 2.75) is 0 Å². The van der Waals surface area contributed by atoms with E-state index in [4.69, 9.17) is 0 Å². The number of benzene rings is 2. The summed E-state index contributed by atoms with van der Waals surface area (Å²) in [5.74, 6) is -1.28. The van der Waals surface area contributed by atoms with E-state index in [-0.39, 0.29) is 16.8 Å². The van der Waals surface area contributed by atoms with Gasteiger partial charge in [-0.25, -0.2) is 9.52 Å². The number of hydrogen-bond donors (Lipinski definition) is 2. The van der Waals surface area contributed by atoms with Crippen molar-refractivity contribution in [3.8, 4) is 0 Å². The monoisotopic (exact) mass is 387 g/mol. The van der Waals surface area contributed by atoms with Crippen LogP contribution in [0.25, 0.3) is 10.9 Å². The van der Waals surface area contributed by atoms with Gasteiger partial charge in [0.05, 0.1) is 23.9 Å². The van der Waals surface area contributed by atoms with Gasteiger partial charge < -0.3 is 9.30 Å². The predicted octanol–water partition coefficient (Wildman–Crippen LogP) is 2.05. The van der Waals surface area contributed by atoms with Gasteiger partial charge in [-0.1, -0.05) is 18.2 Å². The summed E-state index contributed by atoms with van der Waals surface area (Å²) in [6.45, 7) is 0. The van der Waals surface area contributed by atoms with Crippen molar-refractivity contribution >= 4 is 38.7 Å². The highest BCUT2D eigenvalue weighted by Gasteiger charge is 2.20. The minimum Gasteiger partial charge on any atom is -0.465 e. The number of methoxy groups -OCH3 is 1. The predicted molar refractivity (Wildman–Crippen MR) is 101 cm³/mol. The first kappa shape index (κ1) is 18.5. The van der Waals surface area contributed by atoms with Crippen molar-refractivity contribution < 1.29 is 22.7 Å². The van der Waals surface area contributed by atoms with Gasteiger partial charge in [-0.3, -0.25) is 9.52 Å². The van der Waals surface area contributed by atoms with E-state index < -0.39 is 22.1 Å². The highest BCUT2D eigenvalue weighted by molar-refractivity contribution is 7.91. The van der Waals surface area contributed by atoms with Crippen LogP contribution in [0.2, 0.25) is 0 Å². The molecule has 2 aromatic carbocycles. The van der Waals surface area contributed by atoms with Gasteiger partial charge in [0.25, 0.3) is 5.91 Å². The van der Waals surface area contributed by atoms with Crippen LogP contribution in [0.5, 0.6) is 0 Å². The van der Waals surface area contributed by atoms with Crippen LogP contribution >= 0.6 is 0 Å². The Morgan fingerprint density at radius 2 is 1.70 bits per heavy atom. The molecule has 0 aliphatic rings. The fourth-order valence-electron chi connectivity index (χ4n) is 2.67. The van der Waals surface area contributed by atoms with Crippen LogP contribution in [-0.4, -0.2) is 32.0 Å². The highest BCUT2D eigenvalue weighted by atomic mass is 32.2. The topological polar surface area (TPSA) is 106 Å². The number of aryl methyl sites for hydroxylation is 1. The summed E-state index contributed by atoms with van der Waals surface area (Å²) in [7, 11) is -1.13. The Bertz CT molecular complexity index is 1120. The quantitative estimate of drug-likeness (QED) is 0.652. The minimum atomic E-state index is -4.16. The van der Waals surface area contributed by atoms with Gasteiger partial charge >= 0.3 is 16.2 Å². The molecule has 27 heavy (non-hydrogen) atoms. The van der Waals surface area contributed by atoms with Gasteiger partial charge in [-0.2, -0.15) is 8.42 Å². The number of carbonyl (C=O) groups excluding carboxylic acids is 2. The van der Waals surface area contributed by atoms with Gasteiger partial charge in [0, 0.05) is 24.1 Å². The van der Waals surface area contributed by atoms with Crippen LogP contribution in [-0.2, 0) is 22.0 Å². The molecule has 0 unspecified atom stereocenters. The lowest BCUT2D eigenvalue weighted by Gasteiger charge is -2.09. The molecule has 0 aliphatic carbocycles. The van der Waals surface area contributed by atoms with Gasteiger partial charge in [-0.05, 0) is 30.3 Å². The number of amides is 1. The zero-order chi connectivity index (χ0) is 19.6. The first-order valence-corrected chi connectivity index (χ1v) is 9.36. The summed E-state index contributed by atoms with van der Waals surface area (Å²) < 4.78 is 35.1. The number of rotatable bonds is 5. The molecule has 2 N–H and O–H groups in total. The number of para-hydroxylation sites is 1.